The van der Waals surface area contributed by atoms with Crippen LogP contribution in [0.15, 0.2) is 78.8 Å². The summed E-state index contributed by atoms with van der Waals surface area (Å²) >= 11 is 0. The number of hydrogen-bond donors (Lipinski definition) is 1. The number of nitrogens with zero attached hydrogens (tertiary/aromatic N) is 4. The van der Waals surface area contributed by atoms with Crippen molar-refractivity contribution in [1.82, 2.24) is 24.8 Å². The first-order chi connectivity index (χ1) is 17.7. The number of amides is 1. The highest BCUT2D eigenvalue weighted by molar-refractivity contribution is 5.98. The Morgan fingerprint density at radius 1 is 0.917 bits per heavy atom. The highest BCUT2D eigenvalue weighted by Crippen LogP contribution is 2.35. The van der Waals surface area contributed by atoms with Crippen molar-refractivity contribution in [2.75, 3.05) is 26.2 Å². The molecule has 1 saturated heterocycles. The summed E-state index contributed by atoms with van der Waals surface area (Å²) in [4.78, 5) is 29.6. The molecule has 5 rings (SSSR count). The standard InChI is InChI=1S/C30H33N5O/c1-3-35(4-2)30(36)25-12-10-22(11-13-25)28(26-9-5-7-24-8-6-16-33-29(24)26)23-14-19-34(20-15-23)21-27-31-17-18-32-27/h5-13,16-18H,3-4,14-15,19-21H2,1-2H3,(H,31,32). The summed E-state index contributed by atoms with van der Waals surface area (Å²) in [6, 6.07) is 18.7. The van der Waals surface area contributed by atoms with E-state index in [1.165, 1.54) is 11.1 Å². The summed E-state index contributed by atoms with van der Waals surface area (Å²) in [5.74, 6) is 1.09. The lowest BCUT2D eigenvalue weighted by atomic mass is 9.87. The minimum absolute atomic E-state index is 0.0822. The first-order valence-corrected chi connectivity index (χ1v) is 12.8. The highest BCUT2D eigenvalue weighted by Gasteiger charge is 2.22. The van der Waals surface area contributed by atoms with Crippen molar-refractivity contribution in [2.24, 2.45) is 0 Å². The van der Waals surface area contributed by atoms with Gasteiger partial charge in [0.15, 0.2) is 0 Å². The molecule has 1 amide bonds. The molecular weight excluding hydrogens is 446 g/mol. The molecular formula is C30H33N5O. The molecule has 0 atom stereocenters. The molecule has 6 nitrogen and oxygen atoms in total. The Bertz CT molecular complexity index is 1340. The third-order valence-electron chi connectivity index (χ3n) is 7.11. The van der Waals surface area contributed by atoms with Gasteiger partial charge in [0.2, 0.25) is 0 Å². The van der Waals surface area contributed by atoms with Crippen LogP contribution in [0.4, 0.5) is 0 Å². The number of benzene rings is 2. The van der Waals surface area contributed by atoms with Gasteiger partial charge in [0.25, 0.3) is 5.91 Å². The summed E-state index contributed by atoms with van der Waals surface area (Å²) < 4.78 is 0. The number of carbonyl (C=O) groups is 1. The van der Waals surface area contributed by atoms with Gasteiger partial charge in [-0.15, -0.1) is 0 Å². The minimum Gasteiger partial charge on any atom is -0.348 e. The smallest absolute Gasteiger partial charge is 0.253 e. The van der Waals surface area contributed by atoms with Crippen LogP contribution in [-0.2, 0) is 6.54 Å². The molecule has 1 aliphatic rings. The SMILES string of the molecule is CCN(CC)C(=O)c1ccc(C(=C2CCN(Cc3ncc[nH]3)CC2)c2cccc3cccnc23)cc1. The Hall–Kier alpha value is -3.77. The summed E-state index contributed by atoms with van der Waals surface area (Å²) in [7, 11) is 0. The van der Waals surface area contributed by atoms with E-state index < -0.39 is 0 Å². The van der Waals surface area contributed by atoms with Crippen molar-refractivity contribution in [3.63, 3.8) is 0 Å². The lowest BCUT2D eigenvalue weighted by Gasteiger charge is -2.29. The molecule has 1 fully saturated rings. The van der Waals surface area contributed by atoms with Crippen molar-refractivity contribution in [1.29, 1.82) is 0 Å². The molecule has 184 valence electrons. The van der Waals surface area contributed by atoms with E-state index in [9.17, 15) is 4.79 Å². The largest absolute Gasteiger partial charge is 0.348 e. The van der Waals surface area contributed by atoms with Gasteiger partial charge in [0.05, 0.1) is 12.1 Å². The zero-order chi connectivity index (χ0) is 24.9. The van der Waals surface area contributed by atoms with Gasteiger partial charge in [-0.1, -0.05) is 42.0 Å². The van der Waals surface area contributed by atoms with E-state index in [-0.39, 0.29) is 5.91 Å². The van der Waals surface area contributed by atoms with E-state index in [4.69, 9.17) is 4.98 Å². The zero-order valence-corrected chi connectivity index (χ0v) is 21.1. The van der Waals surface area contributed by atoms with Gasteiger partial charge < -0.3 is 9.88 Å². The molecule has 2 aromatic heterocycles. The van der Waals surface area contributed by atoms with Crippen LogP contribution in [0.2, 0.25) is 0 Å². The topological polar surface area (TPSA) is 65.1 Å². The first-order valence-electron chi connectivity index (χ1n) is 12.8. The third-order valence-corrected chi connectivity index (χ3v) is 7.11. The van der Waals surface area contributed by atoms with Crippen LogP contribution in [0.25, 0.3) is 16.5 Å². The maximum absolute atomic E-state index is 12.9. The number of fused-ring (bicyclic) bond motifs is 1. The van der Waals surface area contributed by atoms with Gasteiger partial charge in [0, 0.05) is 61.3 Å². The van der Waals surface area contributed by atoms with Crippen LogP contribution >= 0.6 is 0 Å². The molecule has 0 bridgehead atoms. The quantitative estimate of drug-likeness (QED) is 0.378. The Labute approximate surface area is 212 Å². The van der Waals surface area contributed by atoms with Crippen LogP contribution in [-0.4, -0.2) is 56.8 Å². The predicted octanol–water partition coefficient (Wildman–Crippen LogP) is 5.54. The van der Waals surface area contributed by atoms with Crippen molar-refractivity contribution in [3.8, 4) is 0 Å². The molecule has 36 heavy (non-hydrogen) atoms. The van der Waals surface area contributed by atoms with Crippen molar-refractivity contribution >= 4 is 22.4 Å². The van der Waals surface area contributed by atoms with Gasteiger partial charge in [-0.3, -0.25) is 14.7 Å². The summed E-state index contributed by atoms with van der Waals surface area (Å²) in [5.41, 5.74) is 6.73. The maximum atomic E-state index is 12.9. The van der Waals surface area contributed by atoms with Crippen molar-refractivity contribution in [2.45, 2.75) is 33.2 Å². The van der Waals surface area contributed by atoms with Crippen LogP contribution in [0.3, 0.4) is 0 Å². The molecule has 1 N–H and O–H groups in total. The van der Waals surface area contributed by atoms with Crippen molar-refractivity contribution < 1.29 is 4.79 Å². The molecule has 3 heterocycles. The molecule has 0 saturated carbocycles. The number of hydrogen-bond acceptors (Lipinski definition) is 4. The van der Waals surface area contributed by atoms with Crippen LogP contribution in [0, 0.1) is 0 Å². The maximum Gasteiger partial charge on any atom is 0.253 e. The lowest BCUT2D eigenvalue weighted by Crippen LogP contribution is -2.31. The van der Waals surface area contributed by atoms with E-state index in [1.807, 2.05) is 55.5 Å². The van der Waals surface area contributed by atoms with Crippen molar-refractivity contribution in [3.05, 3.63) is 101 Å². The summed E-state index contributed by atoms with van der Waals surface area (Å²) in [6.45, 7) is 8.26. The number of aromatic amines is 1. The summed E-state index contributed by atoms with van der Waals surface area (Å²) in [6.07, 6.45) is 7.53. The molecule has 0 unspecified atom stereocenters. The molecule has 0 radical (unpaired) electrons. The molecule has 0 aliphatic carbocycles. The van der Waals surface area contributed by atoms with Crippen LogP contribution in [0.1, 0.15) is 54.0 Å². The number of nitrogens with one attached hydrogen (secondary N) is 1. The number of likely N-dealkylation sites (tertiary alicyclic amines) is 1. The fraction of sp³-hybridized carbons (Fsp3) is 0.300. The Morgan fingerprint density at radius 2 is 1.64 bits per heavy atom. The second-order valence-electron chi connectivity index (χ2n) is 9.23. The van der Waals surface area contributed by atoms with E-state index in [2.05, 4.69) is 51.3 Å². The second kappa shape index (κ2) is 10.9. The summed E-state index contributed by atoms with van der Waals surface area (Å²) in [5, 5.41) is 1.14. The molecule has 4 aromatic rings. The van der Waals surface area contributed by atoms with E-state index >= 15 is 0 Å². The van der Waals surface area contributed by atoms with Crippen LogP contribution < -0.4 is 0 Å². The van der Waals surface area contributed by atoms with Gasteiger partial charge in [-0.25, -0.2) is 4.98 Å². The highest BCUT2D eigenvalue weighted by atomic mass is 16.2. The number of rotatable bonds is 7. The Balaban J connectivity index is 1.51. The number of imidazole rings is 1. The number of piperidine rings is 1. The van der Waals surface area contributed by atoms with Gasteiger partial charge in [-0.05, 0) is 56.0 Å². The lowest BCUT2D eigenvalue weighted by molar-refractivity contribution is 0.0773. The van der Waals surface area contributed by atoms with Gasteiger partial charge >= 0.3 is 0 Å². The number of carbonyl (C=O) groups excluding carboxylic acids is 1. The molecule has 2 aromatic carbocycles. The first kappa shape index (κ1) is 23.9. The Kier molecular flexibility index (Phi) is 7.23. The molecule has 1 aliphatic heterocycles. The number of pyridine rings is 1. The fourth-order valence-electron chi connectivity index (χ4n) is 5.16. The van der Waals surface area contributed by atoms with E-state index in [0.29, 0.717) is 13.1 Å². The second-order valence-corrected chi connectivity index (χ2v) is 9.23. The van der Waals surface area contributed by atoms with Gasteiger partial charge in [-0.2, -0.15) is 0 Å². The predicted molar refractivity (Wildman–Crippen MR) is 145 cm³/mol. The van der Waals surface area contributed by atoms with E-state index in [0.717, 1.165) is 65.9 Å². The number of H-pyrrole nitrogens is 1. The average molecular weight is 480 g/mol. The fourth-order valence-corrected chi connectivity index (χ4v) is 5.16. The molecule has 6 heteroatoms. The normalized spacial score (nSPS) is 14.2. The minimum atomic E-state index is 0.0822. The zero-order valence-electron chi connectivity index (χ0n) is 21.1. The number of aromatic nitrogens is 3. The van der Waals surface area contributed by atoms with Gasteiger partial charge in [0.1, 0.15) is 5.82 Å². The van der Waals surface area contributed by atoms with E-state index in [1.54, 1.807) is 0 Å². The Morgan fingerprint density at radius 3 is 2.33 bits per heavy atom. The average Bonchev–Trinajstić information content (AvgIpc) is 3.44. The number of para-hydroxylation sites is 1. The monoisotopic (exact) mass is 479 g/mol. The third kappa shape index (κ3) is 4.95. The van der Waals surface area contributed by atoms with Crippen LogP contribution in [0.5, 0.6) is 0 Å². The molecule has 0 spiro atoms.